The van der Waals surface area contributed by atoms with Gasteiger partial charge < -0.3 is 90.2 Å². The Morgan fingerprint density at radius 2 is 1.23 bits per heavy atom. The summed E-state index contributed by atoms with van der Waals surface area (Å²) < 4.78 is 5.72. The molecule has 11 amide bonds. The molecule has 0 saturated carbocycles. The highest BCUT2D eigenvalue weighted by Crippen LogP contribution is 2.17. The third kappa shape index (κ3) is 22.2. The van der Waals surface area contributed by atoms with Gasteiger partial charge in [-0.25, -0.2) is 4.79 Å². The van der Waals surface area contributed by atoms with Gasteiger partial charge in [0, 0.05) is 6.42 Å². The van der Waals surface area contributed by atoms with E-state index in [2.05, 4.69) is 75.4 Å². The largest absolute Gasteiger partial charge is 0.458 e. The maximum Gasteiger partial charge on any atom is 0.329 e. The Hall–Kier alpha value is -8.25. The molecule has 2 aliphatic rings. The Morgan fingerprint density at radius 3 is 1.76 bits per heavy atom. The average Bonchev–Trinajstić information content (AvgIpc) is 3.36. The molecule has 88 heavy (non-hydrogen) atoms. The number of nitrogens with zero attached hydrogens (tertiary/aromatic N) is 1. The molecular formula is C58H93N15O15. The minimum atomic E-state index is -1.83. The first-order chi connectivity index (χ1) is 41.6. The van der Waals surface area contributed by atoms with Crippen LogP contribution in [0.1, 0.15) is 113 Å². The number of carbonyl (C=O) groups excluding carboxylic acids is 12. The number of cyclic esters (lactones) is 1. The van der Waals surface area contributed by atoms with Gasteiger partial charge in [0.05, 0.1) is 31.8 Å². The number of likely N-dealkylation sites (N-methyl/N-ethyl adjacent to an activating group) is 1. The Morgan fingerprint density at radius 1 is 0.682 bits per heavy atom. The zero-order valence-corrected chi connectivity index (χ0v) is 51.9. The van der Waals surface area contributed by atoms with Crippen molar-refractivity contribution in [2.75, 3.05) is 26.8 Å². The van der Waals surface area contributed by atoms with Crippen LogP contribution < -0.4 is 75.3 Å². The van der Waals surface area contributed by atoms with Gasteiger partial charge in [0.15, 0.2) is 5.96 Å². The van der Waals surface area contributed by atoms with Crippen molar-refractivity contribution in [2.24, 2.45) is 34.2 Å². The van der Waals surface area contributed by atoms with Gasteiger partial charge in [-0.15, -0.1) is 0 Å². The topological polar surface area (TPSA) is 463 Å². The van der Waals surface area contributed by atoms with E-state index in [-0.39, 0.29) is 50.2 Å². The van der Waals surface area contributed by atoms with E-state index in [1.807, 2.05) is 30.3 Å². The number of ether oxygens (including phenoxy) is 1. The van der Waals surface area contributed by atoms with E-state index in [4.69, 9.17) is 16.2 Å². The number of aliphatic hydroxyl groups excluding tert-OH is 2. The molecule has 1 saturated heterocycles. The van der Waals surface area contributed by atoms with Crippen molar-refractivity contribution in [1.82, 2.24) is 63.8 Å². The highest BCUT2D eigenvalue weighted by molar-refractivity contribution is 6.00. The van der Waals surface area contributed by atoms with Crippen LogP contribution in [0.5, 0.6) is 0 Å². The number of amides is 11. The molecule has 2 aliphatic heterocycles. The van der Waals surface area contributed by atoms with Gasteiger partial charge in [0.25, 0.3) is 0 Å². The molecular weight excluding hydrogens is 1150 g/mol. The number of aliphatic imine (C=N–C) groups is 1. The molecule has 30 heteroatoms. The fraction of sp³-hybridized carbons (Fsp3) is 0.638. The number of carbonyl (C=O) groups is 12. The second-order valence-corrected chi connectivity index (χ2v) is 22.4. The predicted octanol–water partition coefficient (Wildman–Crippen LogP) is -4.34. The fourth-order valence-electron chi connectivity index (χ4n) is 9.33. The molecule has 30 nitrogen and oxygen atoms in total. The molecule has 0 aromatic heterocycles. The molecule has 1 aromatic rings. The van der Waals surface area contributed by atoms with Crippen molar-refractivity contribution in [3.8, 4) is 0 Å². The van der Waals surface area contributed by atoms with E-state index >= 15 is 0 Å². The van der Waals surface area contributed by atoms with Gasteiger partial charge in [-0.2, -0.15) is 0 Å². The lowest BCUT2D eigenvalue weighted by molar-refractivity contribution is -0.157. The van der Waals surface area contributed by atoms with E-state index in [0.29, 0.717) is 6.42 Å². The number of benzene rings is 1. The number of nitrogens with two attached hydrogens (primary N) is 2. The predicted molar refractivity (Wildman–Crippen MR) is 322 cm³/mol. The molecule has 1 fully saturated rings. The lowest BCUT2D eigenvalue weighted by Gasteiger charge is -2.31. The van der Waals surface area contributed by atoms with Gasteiger partial charge in [-0.1, -0.05) is 105 Å². The Labute approximate surface area is 513 Å². The monoisotopic (exact) mass is 1240 g/mol. The van der Waals surface area contributed by atoms with Crippen molar-refractivity contribution in [1.29, 1.82) is 0 Å². The maximum absolute atomic E-state index is 14.4. The molecule has 18 N–H and O–H groups in total. The number of aliphatic hydroxyl groups is 2. The summed E-state index contributed by atoms with van der Waals surface area (Å²) in [5, 5.41) is 52.0. The van der Waals surface area contributed by atoms with Crippen molar-refractivity contribution < 1.29 is 72.5 Å². The molecule has 0 radical (unpaired) electrons. The molecule has 0 unspecified atom stereocenters. The van der Waals surface area contributed by atoms with Gasteiger partial charge in [0.1, 0.15) is 66.5 Å². The van der Waals surface area contributed by atoms with Gasteiger partial charge in [-0.3, -0.25) is 57.7 Å². The van der Waals surface area contributed by atoms with Crippen molar-refractivity contribution in [2.45, 2.75) is 192 Å². The van der Waals surface area contributed by atoms with Gasteiger partial charge in [-0.05, 0) is 75.5 Å². The number of hydrogen-bond donors (Lipinski definition) is 16. The van der Waals surface area contributed by atoms with Crippen LogP contribution in [-0.2, 0) is 68.7 Å². The normalized spacial score (nSPS) is 22.3. The number of nitrogens with one attached hydrogen (secondary N) is 12. The zero-order valence-electron chi connectivity index (χ0n) is 51.9. The molecule has 1 aromatic carbocycles. The minimum Gasteiger partial charge on any atom is -0.458 e. The van der Waals surface area contributed by atoms with Crippen LogP contribution in [0, 0.1) is 17.8 Å². The van der Waals surface area contributed by atoms with E-state index in [1.54, 1.807) is 55.5 Å². The highest BCUT2D eigenvalue weighted by atomic mass is 16.5. The van der Waals surface area contributed by atoms with Crippen molar-refractivity contribution in [3.63, 3.8) is 0 Å². The number of esters is 1. The van der Waals surface area contributed by atoms with E-state index in [1.165, 1.54) is 13.8 Å². The first-order valence-corrected chi connectivity index (χ1v) is 29.8. The third-order valence-corrected chi connectivity index (χ3v) is 15.7. The quantitative estimate of drug-likeness (QED) is 0.0240. The molecule has 16 atom stereocenters. The smallest absolute Gasteiger partial charge is 0.329 e. The van der Waals surface area contributed by atoms with Crippen LogP contribution in [0.25, 0.3) is 0 Å². The third-order valence-electron chi connectivity index (χ3n) is 15.7. The maximum atomic E-state index is 14.4. The lowest BCUT2D eigenvalue weighted by Crippen LogP contribution is -2.63. The molecule has 0 spiro atoms. The van der Waals surface area contributed by atoms with E-state index in [9.17, 15) is 67.7 Å². The molecule has 490 valence electrons. The van der Waals surface area contributed by atoms with Crippen LogP contribution in [0.3, 0.4) is 0 Å². The summed E-state index contributed by atoms with van der Waals surface area (Å²) in [6.07, 6.45) is -1.02. The summed E-state index contributed by atoms with van der Waals surface area (Å²) in [5.41, 5.74) is 12.3. The van der Waals surface area contributed by atoms with Crippen LogP contribution in [0.2, 0.25) is 0 Å². The number of hydrogen-bond acceptors (Lipinski definition) is 19. The fourth-order valence-corrected chi connectivity index (χ4v) is 9.33. The van der Waals surface area contributed by atoms with Crippen LogP contribution in [0.15, 0.2) is 47.5 Å². The summed E-state index contributed by atoms with van der Waals surface area (Å²) in [4.78, 5) is 170. The molecule has 0 aliphatic carbocycles. The van der Waals surface area contributed by atoms with Crippen LogP contribution >= 0.6 is 0 Å². The number of rotatable bonds is 32. The summed E-state index contributed by atoms with van der Waals surface area (Å²) in [6.45, 7) is 16.3. The molecule has 3 rings (SSSR count). The second kappa shape index (κ2) is 36.2. The van der Waals surface area contributed by atoms with E-state index < -0.39 is 193 Å². The Kier molecular flexibility index (Phi) is 30.4. The highest BCUT2D eigenvalue weighted by Gasteiger charge is 2.41. The van der Waals surface area contributed by atoms with E-state index in [0.717, 1.165) is 5.56 Å². The standard InChI is InChI=1S/C58H93N15O15/c1-12-28(5)42(70-49(79)37(61-11)23-34-19-17-16-18-20-34)53(83)67-39(26-74)51(81)65-36(21-22-41(59)76)48(78)69-44(30(7)14-3)55(85)71-43(29(6)13-2)54(84)68-40(27-75)52(82)73-46-33(10)88-57(87)45(31(8)15-4)72-50(80)38(24-35-25-62-58(60)64-35)66-47(77)32(9)63-56(46)86/h16-20,29-33,35-40,42-46,61,74-75H,5,12-15,21-27H2,1-4,6-11H3,(H2,59,76)(H,63,86)(H,65,81)(H,66,77)(H,67,83)(H,68,84)(H,69,78)(H,70,79)(H,71,85)(H,72,80)(H,73,82)(H3,60,62,64)/t29-,30-,31-,32-,33-,35-,36+,37+,38-,39-,40-,42-,43-,44+,45-,46+/m0/s1. The molecule has 0 bridgehead atoms. The first kappa shape index (κ1) is 74.0. The summed E-state index contributed by atoms with van der Waals surface area (Å²) in [6, 6.07) is -7.25. The minimum absolute atomic E-state index is 0.0121. The van der Waals surface area contributed by atoms with Gasteiger partial charge >= 0.3 is 5.97 Å². The van der Waals surface area contributed by atoms with Crippen LogP contribution in [0.4, 0.5) is 0 Å². The summed E-state index contributed by atoms with van der Waals surface area (Å²) >= 11 is 0. The summed E-state index contributed by atoms with van der Waals surface area (Å²) in [7, 11) is 1.57. The zero-order chi connectivity index (χ0) is 66.1. The lowest BCUT2D eigenvalue weighted by atomic mass is 9.94. The first-order valence-electron chi connectivity index (χ1n) is 29.8. The number of guanidine groups is 1. The Bertz CT molecular complexity index is 2660. The van der Waals surface area contributed by atoms with Crippen molar-refractivity contribution in [3.05, 3.63) is 48.0 Å². The summed E-state index contributed by atoms with van der Waals surface area (Å²) in [5.74, 6) is -12.9. The Balaban J connectivity index is 1.85. The SMILES string of the molecule is C=C(CC)[C@H](NC(=O)[C@@H](Cc1ccccc1)NC)C(=O)N[C@@H](CO)C(=O)N[C@H](CCC(N)=O)C(=O)N[C@@H](C(=O)N[C@H](C(=O)N[C@@H](CO)C(=O)N[C@H]1C(=O)N[C@@H](C)C(=O)N[C@@H](C[C@H]2CN=C(N)N2)C(=O)N[C@@H]([C@@H](C)CC)C(=O)O[C@H]1C)[C@@H](C)CC)[C@@H](C)CC. The number of primary amides is 1. The van der Waals surface area contributed by atoms with Crippen LogP contribution in [-0.4, -0.2) is 193 Å². The van der Waals surface area contributed by atoms with Gasteiger partial charge in [0.2, 0.25) is 65.0 Å². The average molecular weight is 1240 g/mol. The molecule has 2 heterocycles. The van der Waals surface area contributed by atoms with Crippen molar-refractivity contribution >= 4 is 76.9 Å². The second-order valence-electron chi connectivity index (χ2n) is 22.4.